The summed E-state index contributed by atoms with van der Waals surface area (Å²) in [4.78, 5) is 24.9. The van der Waals surface area contributed by atoms with Gasteiger partial charge in [-0.15, -0.1) is 0 Å². The second-order valence-corrected chi connectivity index (χ2v) is 6.21. The zero-order chi connectivity index (χ0) is 18.8. The standard InChI is InChI=1S/C22H15N3O2/c23-12-14-5-4-8-16(11-14)17-9-10-19(20-18(17)13-24-22(20)27)25-21(26)15-6-2-1-3-7-15/h1-11H,13H2,(H,24,27)(H,25,26). The predicted molar refractivity (Wildman–Crippen MR) is 102 cm³/mol. The molecule has 0 fully saturated rings. The van der Waals surface area contributed by atoms with Gasteiger partial charge >= 0.3 is 0 Å². The largest absolute Gasteiger partial charge is 0.348 e. The van der Waals surface area contributed by atoms with E-state index < -0.39 is 0 Å². The van der Waals surface area contributed by atoms with Gasteiger partial charge in [-0.05, 0) is 47.0 Å². The van der Waals surface area contributed by atoms with Crippen LogP contribution >= 0.6 is 0 Å². The Morgan fingerprint density at radius 2 is 1.85 bits per heavy atom. The van der Waals surface area contributed by atoms with E-state index in [1.807, 2.05) is 24.3 Å². The molecule has 0 radical (unpaired) electrons. The summed E-state index contributed by atoms with van der Waals surface area (Å²) >= 11 is 0. The number of hydrogen-bond acceptors (Lipinski definition) is 3. The third-order valence-corrected chi connectivity index (χ3v) is 4.55. The second kappa shape index (κ2) is 6.77. The molecule has 2 N–H and O–H groups in total. The Morgan fingerprint density at radius 1 is 1.04 bits per heavy atom. The first kappa shape index (κ1) is 16.6. The van der Waals surface area contributed by atoms with E-state index in [-0.39, 0.29) is 11.8 Å². The fourth-order valence-electron chi connectivity index (χ4n) is 3.26. The zero-order valence-corrected chi connectivity index (χ0v) is 14.3. The molecule has 0 spiro atoms. The molecule has 1 heterocycles. The first-order valence-corrected chi connectivity index (χ1v) is 8.48. The van der Waals surface area contributed by atoms with E-state index in [0.717, 1.165) is 16.7 Å². The molecule has 1 aliphatic rings. The van der Waals surface area contributed by atoms with Crippen LogP contribution in [-0.4, -0.2) is 11.8 Å². The Kier molecular flexibility index (Phi) is 4.15. The Labute approximate surface area is 156 Å². The lowest BCUT2D eigenvalue weighted by Crippen LogP contribution is -2.17. The van der Waals surface area contributed by atoms with Gasteiger partial charge in [0.25, 0.3) is 11.8 Å². The summed E-state index contributed by atoms with van der Waals surface area (Å²) < 4.78 is 0. The molecular formula is C22H15N3O2. The van der Waals surface area contributed by atoms with E-state index >= 15 is 0 Å². The van der Waals surface area contributed by atoms with Gasteiger partial charge in [0.2, 0.25) is 0 Å². The Bertz CT molecular complexity index is 1100. The number of nitriles is 1. The molecule has 2 amide bonds. The highest BCUT2D eigenvalue weighted by atomic mass is 16.2. The van der Waals surface area contributed by atoms with E-state index in [9.17, 15) is 9.59 Å². The van der Waals surface area contributed by atoms with Crippen LogP contribution in [0.15, 0.2) is 66.7 Å². The fourth-order valence-corrected chi connectivity index (χ4v) is 3.26. The van der Waals surface area contributed by atoms with Crippen LogP contribution in [0.1, 0.15) is 31.8 Å². The number of benzene rings is 3. The summed E-state index contributed by atoms with van der Waals surface area (Å²) in [6.07, 6.45) is 0. The minimum atomic E-state index is -0.267. The molecule has 5 heteroatoms. The highest BCUT2D eigenvalue weighted by molar-refractivity contribution is 6.11. The number of nitrogens with zero attached hydrogens (tertiary/aromatic N) is 1. The number of nitrogens with one attached hydrogen (secondary N) is 2. The van der Waals surface area contributed by atoms with Gasteiger partial charge in [-0.3, -0.25) is 9.59 Å². The first-order chi connectivity index (χ1) is 13.2. The van der Waals surface area contributed by atoms with Crippen LogP contribution in [0.25, 0.3) is 11.1 Å². The van der Waals surface area contributed by atoms with Crippen molar-refractivity contribution in [3.63, 3.8) is 0 Å². The molecule has 3 aromatic rings. The summed E-state index contributed by atoms with van der Waals surface area (Å²) in [6.45, 7) is 0.384. The summed E-state index contributed by atoms with van der Waals surface area (Å²) in [6, 6.07) is 21.8. The maximum atomic E-state index is 12.5. The van der Waals surface area contributed by atoms with Crippen LogP contribution in [0, 0.1) is 11.3 Å². The van der Waals surface area contributed by atoms with Crippen LogP contribution in [0.3, 0.4) is 0 Å². The fraction of sp³-hybridized carbons (Fsp3) is 0.0455. The first-order valence-electron chi connectivity index (χ1n) is 8.48. The maximum Gasteiger partial charge on any atom is 0.255 e. The van der Waals surface area contributed by atoms with Crippen molar-refractivity contribution in [1.82, 2.24) is 5.32 Å². The van der Waals surface area contributed by atoms with E-state index in [1.54, 1.807) is 42.5 Å². The molecule has 0 atom stereocenters. The molecule has 1 aliphatic heterocycles. The number of carbonyl (C=O) groups is 2. The van der Waals surface area contributed by atoms with Crippen molar-refractivity contribution in [2.24, 2.45) is 0 Å². The van der Waals surface area contributed by atoms with Gasteiger partial charge in [0.15, 0.2) is 0 Å². The van der Waals surface area contributed by atoms with E-state index in [4.69, 9.17) is 5.26 Å². The van der Waals surface area contributed by atoms with Gasteiger partial charge in [-0.25, -0.2) is 0 Å². The van der Waals surface area contributed by atoms with Crippen LogP contribution in [0.4, 0.5) is 5.69 Å². The van der Waals surface area contributed by atoms with Crippen molar-refractivity contribution in [2.75, 3.05) is 5.32 Å². The molecule has 27 heavy (non-hydrogen) atoms. The normalized spacial score (nSPS) is 12.0. The monoisotopic (exact) mass is 353 g/mol. The topological polar surface area (TPSA) is 82.0 Å². The smallest absolute Gasteiger partial charge is 0.255 e. The summed E-state index contributed by atoms with van der Waals surface area (Å²) in [7, 11) is 0. The van der Waals surface area contributed by atoms with Crippen molar-refractivity contribution < 1.29 is 9.59 Å². The van der Waals surface area contributed by atoms with E-state index in [1.165, 1.54) is 0 Å². The van der Waals surface area contributed by atoms with E-state index in [2.05, 4.69) is 16.7 Å². The van der Waals surface area contributed by atoms with Crippen molar-refractivity contribution in [3.8, 4) is 17.2 Å². The average molecular weight is 353 g/mol. The molecular weight excluding hydrogens is 338 g/mol. The number of anilines is 1. The Morgan fingerprint density at radius 3 is 2.63 bits per heavy atom. The average Bonchev–Trinajstić information content (AvgIpc) is 3.11. The minimum absolute atomic E-state index is 0.216. The van der Waals surface area contributed by atoms with E-state index in [0.29, 0.717) is 28.9 Å². The van der Waals surface area contributed by atoms with Crippen molar-refractivity contribution in [1.29, 1.82) is 5.26 Å². The summed E-state index contributed by atoms with van der Waals surface area (Å²) in [5.74, 6) is -0.483. The molecule has 0 bridgehead atoms. The highest BCUT2D eigenvalue weighted by Gasteiger charge is 2.26. The quantitative estimate of drug-likeness (QED) is 0.753. The lowest BCUT2D eigenvalue weighted by Gasteiger charge is -2.13. The van der Waals surface area contributed by atoms with Gasteiger partial charge < -0.3 is 10.6 Å². The number of carbonyl (C=O) groups excluding carboxylic acids is 2. The van der Waals surface area contributed by atoms with Gasteiger partial charge in [-0.2, -0.15) is 5.26 Å². The third-order valence-electron chi connectivity index (χ3n) is 4.55. The van der Waals surface area contributed by atoms with Crippen LogP contribution in [-0.2, 0) is 6.54 Å². The molecule has 0 unspecified atom stereocenters. The lowest BCUT2D eigenvalue weighted by molar-refractivity contribution is 0.0966. The van der Waals surface area contributed by atoms with Crippen LogP contribution < -0.4 is 10.6 Å². The summed E-state index contributed by atoms with van der Waals surface area (Å²) in [5, 5.41) is 14.8. The second-order valence-electron chi connectivity index (χ2n) is 6.21. The SMILES string of the molecule is N#Cc1cccc(-c2ccc(NC(=O)c3ccccc3)c3c2CNC3=O)c1. The molecule has 3 aromatic carbocycles. The highest BCUT2D eigenvalue weighted by Crippen LogP contribution is 2.34. The number of amides is 2. The lowest BCUT2D eigenvalue weighted by atomic mass is 9.94. The molecule has 0 saturated carbocycles. The summed E-state index contributed by atoms with van der Waals surface area (Å²) in [5.41, 5.74) is 4.59. The molecule has 5 nitrogen and oxygen atoms in total. The van der Waals surface area contributed by atoms with Gasteiger partial charge in [-0.1, -0.05) is 36.4 Å². The molecule has 130 valence electrons. The van der Waals surface area contributed by atoms with Gasteiger partial charge in [0.1, 0.15) is 0 Å². The minimum Gasteiger partial charge on any atom is -0.348 e. The number of fused-ring (bicyclic) bond motifs is 1. The predicted octanol–water partition coefficient (Wildman–Crippen LogP) is 3.72. The van der Waals surface area contributed by atoms with Crippen LogP contribution in [0.2, 0.25) is 0 Å². The molecule has 0 aliphatic carbocycles. The molecule has 0 saturated heterocycles. The van der Waals surface area contributed by atoms with Crippen LogP contribution in [0.5, 0.6) is 0 Å². The number of hydrogen-bond donors (Lipinski definition) is 2. The van der Waals surface area contributed by atoms with Gasteiger partial charge in [0.05, 0.1) is 22.9 Å². The number of rotatable bonds is 3. The van der Waals surface area contributed by atoms with Crippen molar-refractivity contribution in [2.45, 2.75) is 6.54 Å². The Hall–Kier alpha value is -3.91. The molecule has 4 rings (SSSR count). The molecule has 0 aromatic heterocycles. The Balaban J connectivity index is 1.76. The zero-order valence-electron chi connectivity index (χ0n) is 14.3. The van der Waals surface area contributed by atoms with Gasteiger partial charge in [0, 0.05) is 12.1 Å². The van der Waals surface area contributed by atoms with Crippen molar-refractivity contribution >= 4 is 17.5 Å². The third kappa shape index (κ3) is 3.05. The maximum absolute atomic E-state index is 12.5. The van der Waals surface area contributed by atoms with Crippen molar-refractivity contribution in [3.05, 3.63) is 89.0 Å².